The van der Waals surface area contributed by atoms with E-state index in [1.807, 2.05) is 18.0 Å². The summed E-state index contributed by atoms with van der Waals surface area (Å²) in [5.41, 5.74) is 1.04. The average molecular weight is 346 g/mol. The first kappa shape index (κ1) is 18.0. The summed E-state index contributed by atoms with van der Waals surface area (Å²) in [6.07, 6.45) is 6.75. The highest BCUT2D eigenvalue weighted by atomic mass is 16.5. The second kappa shape index (κ2) is 9.04. The number of anilines is 1. The van der Waals surface area contributed by atoms with E-state index in [-0.39, 0.29) is 6.03 Å². The largest absolute Gasteiger partial charge is 0.381 e. The van der Waals surface area contributed by atoms with Gasteiger partial charge in [0.2, 0.25) is 0 Å². The van der Waals surface area contributed by atoms with Crippen molar-refractivity contribution in [2.45, 2.75) is 39.2 Å². The summed E-state index contributed by atoms with van der Waals surface area (Å²) >= 11 is 0. The first-order chi connectivity index (χ1) is 12.3. The van der Waals surface area contributed by atoms with Gasteiger partial charge >= 0.3 is 6.03 Å². The summed E-state index contributed by atoms with van der Waals surface area (Å²) in [5, 5.41) is 3.02. The van der Waals surface area contributed by atoms with Crippen LogP contribution in [-0.4, -0.2) is 55.3 Å². The minimum absolute atomic E-state index is 0.00509. The monoisotopic (exact) mass is 346 g/mol. The Labute approximate surface area is 150 Å². The molecule has 3 heterocycles. The van der Waals surface area contributed by atoms with Crippen LogP contribution in [0.1, 0.15) is 38.2 Å². The lowest BCUT2D eigenvalue weighted by atomic mass is 10.1. The number of carbonyl (C=O) groups is 1. The van der Waals surface area contributed by atoms with Crippen molar-refractivity contribution in [1.29, 1.82) is 0 Å². The van der Waals surface area contributed by atoms with E-state index in [0.29, 0.717) is 19.0 Å². The van der Waals surface area contributed by atoms with Crippen LogP contribution in [0.4, 0.5) is 10.6 Å². The quantitative estimate of drug-likeness (QED) is 0.860. The number of nitrogens with zero attached hydrogens (tertiary/aromatic N) is 3. The fourth-order valence-corrected chi connectivity index (χ4v) is 3.52. The van der Waals surface area contributed by atoms with E-state index < -0.39 is 0 Å². The number of ether oxygens (including phenoxy) is 1. The van der Waals surface area contributed by atoms with Gasteiger partial charge < -0.3 is 19.9 Å². The summed E-state index contributed by atoms with van der Waals surface area (Å²) in [6, 6.07) is 4.13. The Hall–Kier alpha value is -1.82. The molecule has 25 heavy (non-hydrogen) atoms. The maximum absolute atomic E-state index is 12.4. The summed E-state index contributed by atoms with van der Waals surface area (Å²) in [5.74, 6) is 1.52. The van der Waals surface area contributed by atoms with Crippen molar-refractivity contribution in [3.8, 4) is 0 Å². The van der Waals surface area contributed by atoms with Crippen LogP contribution in [0.5, 0.6) is 0 Å². The number of amides is 2. The maximum atomic E-state index is 12.4. The van der Waals surface area contributed by atoms with E-state index in [0.717, 1.165) is 50.7 Å². The van der Waals surface area contributed by atoms with Crippen molar-refractivity contribution < 1.29 is 9.53 Å². The lowest BCUT2D eigenvalue weighted by molar-refractivity contribution is 0.166. The van der Waals surface area contributed by atoms with Gasteiger partial charge in [0.25, 0.3) is 0 Å². The Morgan fingerprint density at radius 1 is 1.36 bits per heavy atom. The molecule has 2 aliphatic rings. The van der Waals surface area contributed by atoms with Crippen molar-refractivity contribution in [2.24, 2.45) is 5.92 Å². The number of nitrogens with one attached hydrogen (secondary N) is 1. The Kier molecular flexibility index (Phi) is 6.50. The van der Waals surface area contributed by atoms with Gasteiger partial charge in [0, 0.05) is 51.4 Å². The molecule has 1 atom stereocenters. The van der Waals surface area contributed by atoms with Gasteiger partial charge in [-0.25, -0.2) is 9.78 Å². The lowest BCUT2D eigenvalue weighted by Crippen LogP contribution is -2.42. The molecule has 0 aromatic carbocycles. The van der Waals surface area contributed by atoms with Crippen LogP contribution in [0.15, 0.2) is 18.3 Å². The Morgan fingerprint density at radius 3 is 2.84 bits per heavy atom. The van der Waals surface area contributed by atoms with Crippen LogP contribution in [0.2, 0.25) is 0 Å². The number of aromatic nitrogens is 1. The first-order valence-electron chi connectivity index (χ1n) is 9.56. The third kappa shape index (κ3) is 5.08. The zero-order valence-electron chi connectivity index (χ0n) is 15.2. The van der Waals surface area contributed by atoms with E-state index in [1.165, 1.54) is 19.3 Å². The number of rotatable bonds is 6. The molecular weight excluding hydrogens is 316 g/mol. The molecule has 2 fully saturated rings. The summed E-state index contributed by atoms with van der Waals surface area (Å²) in [4.78, 5) is 21.2. The number of urea groups is 1. The third-order valence-corrected chi connectivity index (χ3v) is 5.10. The van der Waals surface area contributed by atoms with Gasteiger partial charge in [-0.3, -0.25) is 0 Å². The fourth-order valence-electron chi connectivity index (χ4n) is 3.52. The van der Waals surface area contributed by atoms with E-state index >= 15 is 0 Å². The van der Waals surface area contributed by atoms with Gasteiger partial charge in [-0.1, -0.05) is 6.07 Å². The van der Waals surface area contributed by atoms with Gasteiger partial charge in [-0.05, 0) is 44.2 Å². The first-order valence-corrected chi connectivity index (χ1v) is 9.56. The highest BCUT2D eigenvalue weighted by Crippen LogP contribution is 2.17. The lowest BCUT2D eigenvalue weighted by Gasteiger charge is -2.27. The fraction of sp³-hybridized carbons (Fsp3) is 0.684. The van der Waals surface area contributed by atoms with E-state index in [4.69, 9.17) is 4.74 Å². The van der Waals surface area contributed by atoms with Crippen LogP contribution in [0, 0.1) is 5.92 Å². The Bertz CT molecular complexity index is 537. The van der Waals surface area contributed by atoms with E-state index in [9.17, 15) is 4.79 Å². The highest BCUT2D eigenvalue weighted by Gasteiger charge is 2.21. The molecule has 2 aliphatic heterocycles. The molecule has 0 saturated carbocycles. The van der Waals surface area contributed by atoms with Crippen LogP contribution in [0.25, 0.3) is 0 Å². The zero-order chi connectivity index (χ0) is 17.5. The standard InChI is InChI=1S/C19H30N4O2/c1-2-22(14-17-8-11-25-15-17)19(24)21-13-16-6-7-18(20-12-16)23-9-4-3-5-10-23/h6-7,12,17H,2-5,8-11,13-15H2,1H3,(H,21,24)/t17-/m0/s1. The van der Waals surface area contributed by atoms with Crippen molar-refractivity contribution in [2.75, 3.05) is 44.3 Å². The SMILES string of the molecule is CCN(C[C@@H]1CCOC1)C(=O)NCc1ccc(N2CCCCC2)nc1. The van der Waals surface area contributed by atoms with Gasteiger partial charge in [0.15, 0.2) is 0 Å². The van der Waals surface area contributed by atoms with E-state index in [1.54, 1.807) is 0 Å². The summed E-state index contributed by atoms with van der Waals surface area (Å²) < 4.78 is 5.40. The van der Waals surface area contributed by atoms with Crippen LogP contribution in [0.3, 0.4) is 0 Å². The molecule has 2 amide bonds. The topological polar surface area (TPSA) is 57.7 Å². The molecule has 2 saturated heterocycles. The number of hydrogen-bond donors (Lipinski definition) is 1. The molecule has 1 aromatic heterocycles. The van der Waals surface area contributed by atoms with Crippen molar-refractivity contribution in [3.05, 3.63) is 23.9 Å². The Balaban J connectivity index is 1.47. The summed E-state index contributed by atoms with van der Waals surface area (Å²) in [6.45, 7) is 7.81. The second-order valence-electron chi connectivity index (χ2n) is 7.00. The number of carbonyl (C=O) groups excluding carboxylic acids is 1. The second-order valence-corrected chi connectivity index (χ2v) is 7.00. The minimum atomic E-state index is -0.00509. The molecule has 0 radical (unpaired) electrons. The molecule has 3 rings (SSSR count). The number of piperidine rings is 1. The highest BCUT2D eigenvalue weighted by molar-refractivity contribution is 5.74. The minimum Gasteiger partial charge on any atom is -0.381 e. The Morgan fingerprint density at radius 2 is 2.20 bits per heavy atom. The van der Waals surface area contributed by atoms with Crippen LogP contribution in [-0.2, 0) is 11.3 Å². The normalized spacial score (nSPS) is 20.5. The number of pyridine rings is 1. The van der Waals surface area contributed by atoms with Crippen LogP contribution >= 0.6 is 0 Å². The zero-order valence-corrected chi connectivity index (χ0v) is 15.2. The maximum Gasteiger partial charge on any atom is 0.317 e. The molecule has 0 bridgehead atoms. The molecule has 1 N–H and O–H groups in total. The molecule has 0 unspecified atom stereocenters. The van der Waals surface area contributed by atoms with E-state index in [2.05, 4.69) is 27.3 Å². The third-order valence-electron chi connectivity index (χ3n) is 5.10. The predicted octanol–water partition coefficient (Wildman–Crippen LogP) is 2.64. The van der Waals surface area contributed by atoms with Crippen molar-refractivity contribution in [3.63, 3.8) is 0 Å². The van der Waals surface area contributed by atoms with Gasteiger partial charge in [-0.2, -0.15) is 0 Å². The molecule has 0 spiro atoms. The molecule has 6 heteroatoms. The van der Waals surface area contributed by atoms with Crippen molar-refractivity contribution in [1.82, 2.24) is 15.2 Å². The smallest absolute Gasteiger partial charge is 0.317 e. The predicted molar refractivity (Wildman–Crippen MR) is 98.7 cm³/mol. The van der Waals surface area contributed by atoms with Gasteiger partial charge in [0.1, 0.15) is 5.82 Å². The number of hydrogen-bond acceptors (Lipinski definition) is 4. The average Bonchev–Trinajstić information content (AvgIpc) is 3.18. The molecular formula is C19H30N4O2. The molecule has 0 aliphatic carbocycles. The van der Waals surface area contributed by atoms with Gasteiger partial charge in [0.05, 0.1) is 6.61 Å². The van der Waals surface area contributed by atoms with Crippen molar-refractivity contribution >= 4 is 11.8 Å². The summed E-state index contributed by atoms with van der Waals surface area (Å²) in [7, 11) is 0. The van der Waals surface area contributed by atoms with Crippen LogP contribution < -0.4 is 10.2 Å². The molecule has 138 valence electrons. The molecule has 6 nitrogen and oxygen atoms in total. The van der Waals surface area contributed by atoms with Gasteiger partial charge in [-0.15, -0.1) is 0 Å². The molecule has 1 aromatic rings.